The Bertz CT molecular complexity index is 3150. The van der Waals surface area contributed by atoms with Crippen molar-refractivity contribution < 1.29 is 4.42 Å². The van der Waals surface area contributed by atoms with Crippen LogP contribution in [-0.2, 0) is 0 Å². The maximum absolute atomic E-state index is 6.52. The SMILES string of the molecule is c1ccc(-c2cccc(N(c3ccc4c(c3)oc3ccccc34)c3cccc4c3sc3ccccc34)c2-c2ccc3sc4ccccc4c3c2)cc1. The Labute approximate surface area is 308 Å². The van der Waals surface area contributed by atoms with E-state index in [-0.39, 0.29) is 0 Å². The first-order chi connectivity index (χ1) is 25.8. The second-order valence-corrected chi connectivity index (χ2v) is 15.4. The van der Waals surface area contributed by atoms with Crippen LogP contribution in [0, 0.1) is 0 Å². The number of furan rings is 1. The highest BCUT2D eigenvalue weighted by Crippen LogP contribution is 2.50. The van der Waals surface area contributed by atoms with Crippen LogP contribution in [0.25, 0.3) is 84.5 Å². The van der Waals surface area contributed by atoms with Gasteiger partial charge in [0, 0.05) is 63.7 Å². The van der Waals surface area contributed by atoms with Crippen LogP contribution >= 0.6 is 22.7 Å². The van der Waals surface area contributed by atoms with Crippen LogP contribution in [0.3, 0.4) is 0 Å². The summed E-state index contributed by atoms with van der Waals surface area (Å²) in [7, 11) is 0. The lowest BCUT2D eigenvalue weighted by atomic mass is 9.91. The van der Waals surface area contributed by atoms with Gasteiger partial charge in [0.25, 0.3) is 0 Å². The van der Waals surface area contributed by atoms with E-state index in [2.05, 4.69) is 175 Å². The molecule has 0 atom stereocenters. The van der Waals surface area contributed by atoms with Crippen molar-refractivity contribution in [3.63, 3.8) is 0 Å². The van der Waals surface area contributed by atoms with E-state index in [1.165, 1.54) is 62.6 Å². The molecule has 0 saturated heterocycles. The van der Waals surface area contributed by atoms with Crippen LogP contribution in [0.4, 0.5) is 17.1 Å². The molecule has 0 spiro atoms. The van der Waals surface area contributed by atoms with Gasteiger partial charge in [-0.3, -0.25) is 0 Å². The molecule has 0 bridgehead atoms. The molecule has 2 nitrogen and oxygen atoms in total. The van der Waals surface area contributed by atoms with Crippen molar-refractivity contribution in [1.29, 1.82) is 0 Å². The van der Waals surface area contributed by atoms with Crippen LogP contribution in [0.1, 0.15) is 0 Å². The van der Waals surface area contributed by atoms with Gasteiger partial charge in [0.05, 0.1) is 16.1 Å². The first-order valence-electron chi connectivity index (χ1n) is 17.5. The third-order valence-corrected chi connectivity index (χ3v) is 12.6. The Hall–Kier alpha value is -6.20. The minimum Gasteiger partial charge on any atom is -0.456 e. The molecule has 8 aromatic carbocycles. The molecule has 4 heteroatoms. The Morgan fingerprint density at radius 1 is 0.385 bits per heavy atom. The summed E-state index contributed by atoms with van der Waals surface area (Å²) in [5.74, 6) is 0. The monoisotopic (exact) mass is 699 g/mol. The van der Waals surface area contributed by atoms with Gasteiger partial charge in [-0.1, -0.05) is 115 Å². The Morgan fingerprint density at radius 2 is 1.04 bits per heavy atom. The van der Waals surface area contributed by atoms with Crippen molar-refractivity contribution >= 4 is 102 Å². The first-order valence-corrected chi connectivity index (χ1v) is 19.1. The Morgan fingerprint density at radius 3 is 1.90 bits per heavy atom. The number of anilines is 3. The van der Waals surface area contributed by atoms with Gasteiger partial charge < -0.3 is 9.32 Å². The van der Waals surface area contributed by atoms with Crippen molar-refractivity contribution in [2.24, 2.45) is 0 Å². The molecule has 3 aromatic heterocycles. The molecule has 0 aliphatic heterocycles. The van der Waals surface area contributed by atoms with Gasteiger partial charge in [0.2, 0.25) is 0 Å². The molecule has 11 aromatic rings. The number of fused-ring (bicyclic) bond motifs is 9. The first kappa shape index (κ1) is 29.5. The van der Waals surface area contributed by atoms with Crippen LogP contribution in [-0.4, -0.2) is 0 Å². The normalized spacial score (nSPS) is 11.8. The third kappa shape index (κ3) is 4.55. The second-order valence-electron chi connectivity index (χ2n) is 13.2. The smallest absolute Gasteiger partial charge is 0.137 e. The molecule has 0 fully saturated rings. The fourth-order valence-electron chi connectivity index (χ4n) is 7.94. The molecule has 0 unspecified atom stereocenters. The molecule has 0 radical (unpaired) electrons. The molecular formula is C48H29NOS2. The summed E-state index contributed by atoms with van der Waals surface area (Å²) in [4.78, 5) is 2.46. The number of para-hydroxylation sites is 1. The lowest BCUT2D eigenvalue weighted by Gasteiger charge is -2.29. The highest BCUT2D eigenvalue weighted by Gasteiger charge is 2.24. The Kier molecular flexibility index (Phi) is 6.63. The largest absolute Gasteiger partial charge is 0.456 e. The number of thiophene rings is 2. The number of hydrogen-bond donors (Lipinski definition) is 0. The lowest BCUT2D eigenvalue weighted by molar-refractivity contribution is 0.669. The number of nitrogens with zero attached hydrogens (tertiary/aromatic N) is 1. The van der Waals surface area contributed by atoms with Gasteiger partial charge in [-0.25, -0.2) is 0 Å². The second kappa shape index (κ2) is 11.7. The van der Waals surface area contributed by atoms with Gasteiger partial charge in [-0.15, -0.1) is 22.7 Å². The molecule has 11 rings (SSSR count). The molecule has 0 N–H and O–H groups in total. The van der Waals surface area contributed by atoms with E-state index >= 15 is 0 Å². The van der Waals surface area contributed by atoms with Gasteiger partial charge in [-0.05, 0) is 71.3 Å². The van der Waals surface area contributed by atoms with E-state index in [1.807, 2.05) is 28.7 Å². The van der Waals surface area contributed by atoms with E-state index in [0.717, 1.165) is 39.0 Å². The highest BCUT2D eigenvalue weighted by molar-refractivity contribution is 7.26. The minimum absolute atomic E-state index is 0.874. The summed E-state index contributed by atoms with van der Waals surface area (Å²) in [6, 6.07) is 63.8. The van der Waals surface area contributed by atoms with Crippen molar-refractivity contribution in [2.75, 3.05) is 4.90 Å². The number of rotatable bonds is 5. The van der Waals surface area contributed by atoms with E-state index in [1.54, 1.807) is 0 Å². The van der Waals surface area contributed by atoms with Crippen molar-refractivity contribution in [2.45, 2.75) is 0 Å². The number of hydrogen-bond acceptors (Lipinski definition) is 4. The van der Waals surface area contributed by atoms with Gasteiger partial charge >= 0.3 is 0 Å². The van der Waals surface area contributed by atoms with Crippen molar-refractivity contribution in [1.82, 2.24) is 0 Å². The third-order valence-electron chi connectivity index (χ3n) is 10.3. The van der Waals surface area contributed by atoms with E-state index in [0.29, 0.717) is 0 Å². The van der Waals surface area contributed by atoms with Gasteiger partial charge in [0.15, 0.2) is 0 Å². The lowest BCUT2D eigenvalue weighted by Crippen LogP contribution is -2.12. The summed E-state index contributed by atoms with van der Waals surface area (Å²) < 4.78 is 11.7. The maximum atomic E-state index is 6.52. The van der Waals surface area contributed by atoms with Crippen LogP contribution in [0.2, 0.25) is 0 Å². The van der Waals surface area contributed by atoms with E-state index in [4.69, 9.17) is 4.42 Å². The molecule has 244 valence electrons. The molecule has 0 aliphatic rings. The molecular weight excluding hydrogens is 671 g/mol. The molecule has 3 heterocycles. The molecule has 0 saturated carbocycles. The maximum Gasteiger partial charge on any atom is 0.137 e. The summed E-state index contributed by atoms with van der Waals surface area (Å²) in [5.41, 5.74) is 9.82. The fraction of sp³-hybridized carbons (Fsp3) is 0. The summed E-state index contributed by atoms with van der Waals surface area (Å²) >= 11 is 3.71. The zero-order valence-electron chi connectivity index (χ0n) is 27.9. The van der Waals surface area contributed by atoms with Crippen molar-refractivity contribution in [3.8, 4) is 22.3 Å². The predicted octanol–water partition coefficient (Wildman–Crippen LogP) is 15.1. The highest BCUT2D eigenvalue weighted by atomic mass is 32.1. The van der Waals surface area contributed by atoms with E-state index in [9.17, 15) is 0 Å². The molecule has 0 amide bonds. The predicted molar refractivity (Wildman–Crippen MR) is 225 cm³/mol. The standard InChI is InChI=1S/C48H29NOS2/c1-2-12-30(13-3-1)33-17-10-19-40(47(33)31-24-27-46-39(28-31)37-16-6-8-22-44(37)51-46)49(32-25-26-35-34-14-4-7-21-42(34)50-43(35)29-32)41-20-11-18-38-36-15-5-9-23-45(36)52-48(38)41/h1-29H. The van der Waals surface area contributed by atoms with Crippen LogP contribution in [0.5, 0.6) is 0 Å². The van der Waals surface area contributed by atoms with Crippen molar-refractivity contribution in [3.05, 3.63) is 176 Å². The van der Waals surface area contributed by atoms with Gasteiger partial charge in [0.1, 0.15) is 11.2 Å². The number of benzene rings is 8. The average molecular weight is 700 g/mol. The van der Waals surface area contributed by atoms with Crippen LogP contribution in [0.15, 0.2) is 180 Å². The van der Waals surface area contributed by atoms with E-state index < -0.39 is 0 Å². The average Bonchev–Trinajstić information content (AvgIpc) is 3.89. The summed E-state index contributed by atoms with van der Waals surface area (Å²) in [6.45, 7) is 0. The van der Waals surface area contributed by atoms with Gasteiger partial charge in [-0.2, -0.15) is 0 Å². The molecule has 0 aliphatic carbocycles. The zero-order chi connectivity index (χ0) is 34.2. The topological polar surface area (TPSA) is 16.4 Å². The summed E-state index contributed by atoms with van der Waals surface area (Å²) in [5, 5.41) is 7.38. The Balaban J connectivity index is 1.24. The fourth-order valence-corrected chi connectivity index (χ4v) is 10.2. The summed E-state index contributed by atoms with van der Waals surface area (Å²) in [6.07, 6.45) is 0. The molecule has 52 heavy (non-hydrogen) atoms. The zero-order valence-corrected chi connectivity index (χ0v) is 29.5. The quantitative estimate of drug-likeness (QED) is 0.178. The van der Waals surface area contributed by atoms with Crippen LogP contribution < -0.4 is 4.90 Å². The minimum atomic E-state index is 0.874.